The van der Waals surface area contributed by atoms with Crippen LogP contribution in [0.3, 0.4) is 0 Å². The van der Waals surface area contributed by atoms with E-state index in [2.05, 4.69) is 31.2 Å². The monoisotopic (exact) mass is 311 g/mol. The van der Waals surface area contributed by atoms with Crippen molar-refractivity contribution in [2.75, 3.05) is 12.4 Å². The van der Waals surface area contributed by atoms with Crippen LogP contribution >= 0.6 is 15.9 Å². The number of anilines is 1. The molecule has 0 aliphatic carbocycles. The Bertz CT molecular complexity index is 577. The van der Waals surface area contributed by atoms with E-state index in [1.165, 1.54) is 18.5 Å². The summed E-state index contributed by atoms with van der Waals surface area (Å²) < 4.78 is 19.4. The van der Waals surface area contributed by atoms with Gasteiger partial charge in [0.05, 0.1) is 10.0 Å². The Morgan fingerprint density at radius 3 is 2.83 bits per heavy atom. The summed E-state index contributed by atoms with van der Waals surface area (Å²) in [5, 5.41) is 2.93. The third kappa shape index (κ3) is 2.59. The molecule has 1 heterocycles. The molecule has 4 nitrogen and oxygen atoms in total. The Kier molecular flexibility index (Phi) is 3.76. The molecule has 0 saturated heterocycles. The van der Waals surface area contributed by atoms with Gasteiger partial charge in [-0.1, -0.05) is 0 Å². The molecule has 0 unspecified atom stereocenters. The first-order chi connectivity index (χ1) is 8.61. The highest BCUT2D eigenvalue weighted by Crippen LogP contribution is 2.31. The van der Waals surface area contributed by atoms with E-state index >= 15 is 0 Å². The van der Waals surface area contributed by atoms with Crippen molar-refractivity contribution in [2.24, 2.45) is 0 Å². The molecule has 2 rings (SSSR count). The molecule has 18 heavy (non-hydrogen) atoms. The van der Waals surface area contributed by atoms with Gasteiger partial charge in [0.1, 0.15) is 23.7 Å². The zero-order chi connectivity index (χ0) is 13.1. The molecular formula is C12H11BrFN3O. The Labute approximate surface area is 112 Å². The van der Waals surface area contributed by atoms with E-state index in [4.69, 9.17) is 4.74 Å². The fourth-order valence-electron chi connectivity index (χ4n) is 1.45. The Morgan fingerprint density at radius 2 is 2.11 bits per heavy atom. The smallest absolute Gasteiger partial charge is 0.227 e. The first kappa shape index (κ1) is 12.8. The van der Waals surface area contributed by atoms with Gasteiger partial charge in [-0.05, 0) is 35.0 Å². The average molecular weight is 312 g/mol. The van der Waals surface area contributed by atoms with Gasteiger partial charge >= 0.3 is 0 Å². The molecule has 1 aromatic carbocycles. The van der Waals surface area contributed by atoms with E-state index in [-0.39, 0.29) is 5.82 Å². The van der Waals surface area contributed by atoms with Gasteiger partial charge in [0, 0.05) is 13.1 Å². The summed E-state index contributed by atoms with van der Waals surface area (Å²) in [6.07, 6.45) is 1.39. The van der Waals surface area contributed by atoms with Crippen LogP contribution in [0.4, 0.5) is 10.2 Å². The van der Waals surface area contributed by atoms with Crippen LogP contribution in [0.1, 0.15) is 5.56 Å². The molecular weight excluding hydrogens is 301 g/mol. The van der Waals surface area contributed by atoms with Crippen molar-refractivity contribution in [2.45, 2.75) is 6.92 Å². The number of hydrogen-bond donors (Lipinski definition) is 1. The number of nitrogens with zero attached hydrogens (tertiary/aromatic N) is 2. The predicted molar refractivity (Wildman–Crippen MR) is 70.5 cm³/mol. The fraction of sp³-hybridized carbons (Fsp3) is 0.167. The fourth-order valence-corrected chi connectivity index (χ4v) is 1.78. The summed E-state index contributed by atoms with van der Waals surface area (Å²) in [5.74, 6) is 1.07. The average Bonchev–Trinajstić information content (AvgIpc) is 2.36. The molecule has 0 radical (unpaired) electrons. The highest BCUT2D eigenvalue weighted by atomic mass is 79.9. The van der Waals surface area contributed by atoms with Crippen molar-refractivity contribution >= 4 is 21.7 Å². The number of ether oxygens (including phenoxy) is 1. The second-order valence-electron chi connectivity index (χ2n) is 3.58. The minimum atomic E-state index is -0.367. The molecule has 0 saturated carbocycles. The zero-order valence-electron chi connectivity index (χ0n) is 9.87. The lowest BCUT2D eigenvalue weighted by Gasteiger charge is -2.11. The first-order valence-corrected chi connectivity index (χ1v) is 6.03. The van der Waals surface area contributed by atoms with Crippen molar-refractivity contribution in [1.82, 2.24) is 9.97 Å². The molecule has 1 N–H and O–H groups in total. The molecule has 0 fully saturated rings. The van der Waals surface area contributed by atoms with Crippen LogP contribution in [0, 0.1) is 12.7 Å². The largest absolute Gasteiger partial charge is 0.437 e. The van der Waals surface area contributed by atoms with Gasteiger partial charge in [-0.2, -0.15) is 0 Å². The molecule has 0 aliphatic rings. The number of nitrogens with one attached hydrogen (secondary N) is 1. The van der Waals surface area contributed by atoms with E-state index in [1.807, 2.05) is 6.92 Å². The summed E-state index contributed by atoms with van der Waals surface area (Å²) in [6, 6.07) is 4.23. The van der Waals surface area contributed by atoms with Crippen molar-refractivity contribution in [1.29, 1.82) is 0 Å². The van der Waals surface area contributed by atoms with Gasteiger partial charge in [0.2, 0.25) is 5.88 Å². The van der Waals surface area contributed by atoms with Crippen LogP contribution in [-0.2, 0) is 0 Å². The third-order valence-corrected chi connectivity index (χ3v) is 3.03. The van der Waals surface area contributed by atoms with Crippen LogP contribution in [-0.4, -0.2) is 17.0 Å². The van der Waals surface area contributed by atoms with Crippen LogP contribution in [0.5, 0.6) is 11.6 Å². The van der Waals surface area contributed by atoms with Crippen LogP contribution in [0.25, 0.3) is 0 Å². The number of rotatable bonds is 3. The van der Waals surface area contributed by atoms with Gasteiger partial charge in [-0.25, -0.2) is 14.4 Å². The van der Waals surface area contributed by atoms with Gasteiger partial charge in [-0.3, -0.25) is 0 Å². The second-order valence-corrected chi connectivity index (χ2v) is 4.43. The maximum atomic E-state index is 13.1. The topological polar surface area (TPSA) is 47.0 Å². The summed E-state index contributed by atoms with van der Waals surface area (Å²) in [7, 11) is 1.76. The van der Waals surface area contributed by atoms with Crippen LogP contribution < -0.4 is 10.1 Å². The molecule has 1 aromatic heterocycles. The quantitative estimate of drug-likeness (QED) is 0.942. The van der Waals surface area contributed by atoms with Crippen LogP contribution in [0.2, 0.25) is 0 Å². The summed E-state index contributed by atoms with van der Waals surface area (Å²) in [6.45, 7) is 1.83. The number of benzene rings is 1. The molecule has 0 bridgehead atoms. The standard InChI is InChI=1S/C12H11BrFN3O/c1-7-11(15-2)16-6-17-12(7)18-10-5-8(14)3-4-9(10)13/h3-6H,1-2H3,(H,15,16,17). The van der Waals surface area contributed by atoms with Crippen molar-refractivity contribution in [3.63, 3.8) is 0 Å². The lowest BCUT2D eigenvalue weighted by Crippen LogP contribution is -2.00. The molecule has 94 valence electrons. The number of aromatic nitrogens is 2. The predicted octanol–water partition coefficient (Wildman–Crippen LogP) is 3.52. The molecule has 6 heteroatoms. The van der Waals surface area contributed by atoms with E-state index in [0.29, 0.717) is 21.9 Å². The second kappa shape index (κ2) is 5.30. The number of halogens is 2. The maximum absolute atomic E-state index is 13.1. The summed E-state index contributed by atoms with van der Waals surface area (Å²) in [4.78, 5) is 8.09. The summed E-state index contributed by atoms with van der Waals surface area (Å²) in [5.41, 5.74) is 0.760. The molecule has 0 amide bonds. The minimum absolute atomic E-state index is 0.367. The normalized spacial score (nSPS) is 10.2. The highest BCUT2D eigenvalue weighted by molar-refractivity contribution is 9.10. The van der Waals surface area contributed by atoms with Crippen molar-refractivity contribution in [3.8, 4) is 11.6 Å². The molecule has 2 aromatic rings. The van der Waals surface area contributed by atoms with E-state index in [0.717, 1.165) is 5.56 Å². The maximum Gasteiger partial charge on any atom is 0.227 e. The van der Waals surface area contributed by atoms with Gasteiger partial charge in [0.25, 0.3) is 0 Å². The lowest BCUT2D eigenvalue weighted by molar-refractivity contribution is 0.450. The highest BCUT2D eigenvalue weighted by Gasteiger charge is 2.10. The molecule has 0 spiro atoms. The van der Waals surface area contributed by atoms with Crippen molar-refractivity contribution in [3.05, 3.63) is 40.4 Å². The van der Waals surface area contributed by atoms with Gasteiger partial charge in [0.15, 0.2) is 0 Å². The van der Waals surface area contributed by atoms with E-state index in [1.54, 1.807) is 13.1 Å². The molecule has 0 atom stereocenters. The minimum Gasteiger partial charge on any atom is -0.437 e. The Balaban J connectivity index is 2.37. The van der Waals surface area contributed by atoms with E-state index in [9.17, 15) is 4.39 Å². The van der Waals surface area contributed by atoms with E-state index < -0.39 is 0 Å². The summed E-state index contributed by atoms with van der Waals surface area (Å²) >= 11 is 3.30. The van der Waals surface area contributed by atoms with Gasteiger partial charge in [-0.15, -0.1) is 0 Å². The Hall–Kier alpha value is -1.69. The zero-order valence-corrected chi connectivity index (χ0v) is 11.5. The third-order valence-electron chi connectivity index (χ3n) is 2.37. The van der Waals surface area contributed by atoms with Crippen molar-refractivity contribution < 1.29 is 9.13 Å². The molecule has 0 aliphatic heterocycles. The first-order valence-electron chi connectivity index (χ1n) is 5.24. The SMILES string of the molecule is CNc1ncnc(Oc2cc(F)ccc2Br)c1C. The van der Waals surface area contributed by atoms with Gasteiger partial charge < -0.3 is 10.1 Å². The Morgan fingerprint density at radius 1 is 1.33 bits per heavy atom. The number of hydrogen-bond acceptors (Lipinski definition) is 4. The lowest BCUT2D eigenvalue weighted by atomic mass is 10.3. The van der Waals surface area contributed by atoms with Crippen LogP contribution in [0.15, 0.2) is 29.0 Å².